The van der Waals surface area contributed by atoms with Crippen molar-refractivity contribution >= 4 is 34.8 Å². The molecule has 1 aliphatic heterocycles. The molecule has 0 aliphatic carbocycles. The van der Waals surface area contributed by atoms with Gasteiger partial charge in [0.15, 0.2) is 0 Å². The van der Waals surface area contributed by atoms with Crippen molar-refractivity contribution in [1.82, 2.24) is 25.1 Å². The first kappa shape index (κ1) is 38.1. The van der Waals surface area contributed by atoms with E-state index in [-0.39, 0.29) is 24.3 Å². The fourth-order valence-electron chi connectivity index (χ4n) is 4.18. The van der Waals surface area contributed by atoms with Gasteiger partial charge in [-0.05, 0) is 57.2 Å². The molecule has 3 N–H and O–H groups in total. The summed E-state index contributed by atoms with van der Waals surface area (Å²) in [6.45, 7) is 17.1. The maximum Gasteiger partial charge on any atom is 0.245 e. The van der Waals surface area contributed by atoms with Crippen LogP contribution >= 0.6 is 11.5 Å². The van der Waals surface area contributed by atoms with Gasteiger partial charge in [0.1, 0.15) is 16.7 Å². The third-order valence-corrected chi connectivity index (χ3v) is 6.91. The number of likely N-dealkylation sites (N-methyl/N-ethyl adjacent to an activating group) is 2. The van der Waals surface area contributed by atoms with E-state index in [1.807, 2.05) is 51.7 Å². The zero-order valence-electron chi connectivity index (χ0n) is 26.3. The van der Waals surface area contributed by atoms with E-state index in [9.17, 15) is 14.4 Å². The van der Waals surface area contributed by atoms with Gasteiger partial charge in [-0.15, -0.1) is 5.10 Å². The van der Waals surface area contributed by atoms with Crippen molar-refractivity contribution in [2.24, 2.45) is 5.92 Å². The normalized spacial score (nSPS) is 13.1. The monoisotopic (exact) mass is 592 g/mol. The second-order valence-corrected chi connectivity index (χ2v) is 9.61. The first-order valence-electron chi connectivity index (χ1n) is 14.8. The Morgan fingerprint density at radius 2 is 1.80 bits per heavy atom. The van der Waals surface area contributed by atoms with Crippen LogP contribution in [0.4, 0.5) is 5.00 Å². The van der Waals surface area contributed by atoms with Gasteiger partial charge in [0.05, 0.1) is 6.54 Å². The molecule has 0 bridgehead atoms. The van der Waals surface area contributed by atoms with E-state index in [0.717, 1.165) is 36.5 Å². The largest absolute Gasteiger partial charge is 0.381 e. The maximum absolute atomic E-state index is 12.8. The van der Waals surface area contributed by atoms with Crippen LogP contribution in [0, 0.1) is 12.8 Å². The van der Waals surface area contributed by atoms with Crippen molar-refractivity contribution in [3.05, 3.63) is 41.1 Å². The van der Waals surface area contributed by atoms with E-state index in [4.69, 9.17) is 4.74 Å². The lowest BCUT2D eigenvalue weighted by Crippen LogP contribution is -2.54. The van der Waals surface area contributed by atoms with Crippen LogP contribution in [-0.2, 0) is 25.5 Å². The van der Waals surface area contributed by atoms with Crippen molar-refractivity contribution in [3.63, 3.8) is 0 Å². The summed E-state index contributed by atoms with van der Waals surface area (Å²) in [4.78, 5) is 36.9. The van der Waals surface area contributed by atoms with Gasteiger partial charge in [-0.25, -0.2) is 0 Å². The minimum atomic E-state index is -0.429. The summed E-state index contributed by atoms with van der Waals surface area (Å²) < 4.78 is 9.20. The number of carbonyl (C=O) groups excluding carboxylic acids is 3. The number of nitrogens with one attached hydrogen (secondary N) is 3. The van der Waals surface area contributed by atoms with E-state index < -0.39 is 6.04 Å². The van der Waals surface area contributed by atoms with Gasteiger partial charge in [-0.1, -0.05) is 63.4 Å². The van der Waals surface area contributed by atoms with Crippen LogP contribution in [0.3, 0.4) is 0 Å². The molecule has 2 heterocycles. The molecular weight excluding hydrogens is 540 g/mol. The number of benzene rings is 1. The predicted octanol–water partition coefficient (Wildman–Crippen LogP) is 4.43. The Balaban J connectivity index is 0.000000713. The summed E-state index contributed by atoms with van der Waals surface area (Å²) in [5.41, 5.74) is 3.23. The van der Waals surface area contributed by atoms with Gasteiger partial charge in [0.25, 0.3) is 0 Å². The van der Waals surface area contributed by atoms with E-state index in [1.54, 1.807) is 7.05 Å². The molecule has 1 atom stereocenters. The second-order valence-electron chi connectivity index (χ2n) is 8.86. The first-order valence-corrected chi connectivity index (χ1v) is 15.6. The summed E-state index contributed by atoms with van der Waals surface area (Å²) in [6.07, 6.45) is 3.90. The predicted molar refractivity (Wildman–Crippen MR) is 168 cm³/mol. The van der Waals surface area contributed by atoms with Crippen molar-refractivity contribution in [3.8, 4) is 0 Å². The van der Waals surface area contributed by atoms with Crippen molar-refractivity contribution in [2.45, 2.75) is 80.2 Å². The molecule has 41 heavy (non-hydrogen) atoms. The van der Waals surface area contributed by atoms with Crippen LogP contribution in [0.2, 0.25) is 0 Å². The van der Waals surface area contributed by atoms with Gasteiger partial charge >= 0.3 is 0 Å². The van der Waals surface area contributed by atoms with Crippen molar-refractivity contribution in [1.29, 1.82) is 0 Å². The summed E-state index contributed by atoms with van der Waals surface area (Å²) in [5.74, 6) is 0.0727. The summed E-state index contributed by atoms with van der Waals surface area (Å²) in [6, 6.07) is 7.68. The first-order chi connectivity index (χ1) is 19.9. The second kappa shape index (κ2) is 23.8. The number of rotatable bonds is 12. The Hall–Kier alpha value is -2.89. The Bertz CT molecular complexity index is 981. The number of amides is 3. The topological polar surface area (TPSA) is 126 Å². The molecule has 2 aromatic rings. The molecule has 0 saturated carbocycles. The summed E-state index contributed by atoms with van der Waals surface area (Å²) in [7, 11) is 1.72. The van der Waals surface area contributed by atoms with E-state index >= 15 is 0 Å². The lowest BCUT2D eigenvalue weighted by molar-refractivity contribution is -0.138. The Kier molecular flexibility index (Phi) is 22.1. The minimum absolute atomic E-state index is 0.0377. The summed E-state index contributed by atoms with van der Waals surface area (Å²) in [5, 5.41) is 13.1. The van der Waals surface area contributed by atoms with E-state index in [1.165, 1.54) is 22.7 Å². The molecule has 10 nitrogen and oxygen atoms in total. The molecule has 3 amide bonds. The number of aryl methyl sites for hydroxylation is 1. The molecule has 1 unspecified atom stereocenters. The van der Waals surface area contributed by atoms with Crippen LogP contribution in [0.5, 0.6) is 0 Å². The number of anilines is 1. The average Bonchev–Trinajstić information content (AvgIpc) is 3.45. The molecule has 232 valence electrons. The number of nitrogens with zero attached hydrogens (tertiary/aromatic N) is 3. The van der Waals surface area contributed by atoms with Crippen molar-refractivity contribution in [2.75, 3.05) is 45.2 Å². The molecule has 1 aromatic heterocycles. The zero-order chi connectivity index (χ0) is 31.0. The van der Waals surface area contributed by atoms with Crippen LogP contribution in [0.25, 0.3) is 0 Å². The molecule has 1 saturated heterocycles. The maximum atomic E-state index is 12.8. The van der Waals surface area contributed by atoms with Gasteiger partial charge in [0, 0.05) is 44.3 Å². The van der Waals surface area contributed by atoms with Gasteiger partial charge in [-0.3, -0.25) is 14.4 Å². The number of aromatic nitrogens is 2. The lowest BCUT2D eigenvalue weighted by Gasteiger charge is -2.33. The molecule has 0 spiro atoms. The average molecular weight is 593 g/mol. The minimum Gasteiger partial charge on any atom is -0.381 e. The summed E-state index contributed by atoms with van der Waals surface area (Å²) >= 11 is 1.20. The smallest absolute Gasteiger partial charge is 0.245 e. The van der Waals surface area contributed by atoms with Gasteiger partial charge in [-0.2, -0.15) is 0 Å². The highest BCUT2D eigenvalue weighted by Gasteiger charge is 2.33. The number of hydrogen-bond donors (Lipinski definition) is 3. The quantitative estimate of drug-likeness (QED) is 0.311. The highest BCUT2D eigenvalue weighted by Crippen LogP contribution is 2.22. The van der Waals surface area contributed by atoms with Gasteiger partial charge in [0.2, 0.25) is 18.2 Å². The highest BCUT2D eigenvalue weighted by molar-refractivity contribution is 7.10. The van der Waals surface area contributed by atoms with E-state index in [0.29, 0.717) is 32.6 Å². The number of ether oxygens (including phenoxy) is 1. The van der Waals surface area contributed by atoms with Crippen LogP contribution in [0.1, 0.15) is 77.6 Å². The molecule has 3 rings (SSSR count). The molecular formula is C30H52N6O4S. The molecule has 1 aromatic carbocycles. The molecule has 1 fully saturated rings. The fraction of sp³-hybridized carbons (Fsp3) is 0.633. The zero-order valence-corrected chi connectivity index (χ0v) is 27.1. The number of carbonyl (C=O) groups is 3. The Labute approximate surface area is 251 Å². The third kappa shape index (κ3) is 14.0. The third-order valence-electron chi connectivity index (χ3n) is 6.21. The highest BCUT2D eigenvalue weighted by atomic mass is 32.1. The van der Waals surface area contributed by atoms with Crippen LogP contribution in [-0.4, -0.2) is 78.6 Å². The Morgan fingerprint density at radius 3 is 2.37 bits per heavy atom. The molecule has 1 aliphatic rings. The molecule has 0 radical (unpaired) electrons. The SMILES string of the molecule is CC.CC.CCCN(CC)C(=O)C(NC(=O)CNC)C1CCOCC1.Cc1ccccc1Cc1nnsc1NC=O. The molecule has 11 heteroatoms. The Morgan fingerprint density at radius 1 is 1.15 bits per heavy atom. The van der Waals surface area contributed by atoms with Crippen LogP contribution in [0.15, 0.2) is 24.3 Å². The van der Waals surface area contributed by atoms with E-state index in [2.05, 4.69) is 51.5 Å². The van der Waals surface area contributed by atoms with Gasteiger partial charge < -0.3 is 25.6 Å². The lowest BCUT2D eigenvalue weighted by atomic mass is 9.90. The fourth-order valence-corrected chi connectivity index (χ4v) is 4.72. The number of hydrogen-bond acceptors (Lipinski definition) is 8. The van der Waals surface area contributed by atoms with Crippen LogP contribution < -0.4 is 16.0 Å². The standard InChI is InChI=1S/C15H29N3O3.C11H11N3OS.2C2H6/c1-4-8-18(5-2)15(20)14(17-13(19)11-16-3)12-6-9-21-10-7-12;1-8-4-2-3-5-9(8)6-10-11(12-7-15)16-14-13-10;2*1-2/h12,14,16H,4-11H2,1-3H3,(H,17,19);2-5,7H,6H2,1H3,(H,12,15);2*1-2H3. The van der Waals surface area contributed by atoms with Crippen molar-refractivity contribution < 1.29 is 19.1 Å².